The molecule has 2 aromatic rings. The number of rotatable bonds is 3. The molecule has 1 aromatic carbocycles. The summed E-state index contributed by atoms with van der Waals surface area (Å²) in [6.07, 6.45) is 2.19. The van der Waals surface area contributed by atoms with E-state index in [1.54, 1.807) is 27.9 Å². The topological polar surface area (TPSA) is 78.0 Å². The number of halogens is 1. The fourth-order valence-corrected chi connectivity index (χ4v) is 2.78. The van der Waals surface area contributed by atoms with Gasteiger partial charge in [-0.15, -0.1) is 5.10 Å². The first-order valence-corrected chi connectivity index (χ1v) is 7.52. The van der Waals surface area contributed by atoms with Crippen LogP contribution < -0.4 is 4.90 Å². The van der Waals surface area contributed by atoms with Crippen molar-refractivity contribution in [2.24, 2.45) is 0 Å². The first-order chi connectivity index (χ1) is 10.9. The van der Waals surface area contributed by atoms with Crippen LogP contribution in [0.4, 0.5) is 10.1 Å². The maximum absolute atomic E-state index is 14.1. The van der Waals surface area contributed by atoms with Crippen molar-refractivity contribution in [1.82, 2.24) is 15.0 Å². The van der Waals surface area contributed by atoms with Gasteiger partial charge in [0.15, 0.2) is 0 Å². The molecule has 2 heterocycles. The quantitative estimate of drug-likeness (QED) is 0.937. The van der Waals surface area contributed by atoms with Gasteiger partial charge < -0.3 is 10.0 Å². The minimum atomic E-state index is -1.15. The highest BCUT2D eigenvalue weighted by molar-refractivity contribution is 5.52. The Bertz CT molecular complexity index is 766. The number of β-amino-alcohol motifs (C(OH)–C–C–N with tert-alkyl or cyclic N) is 1. The van der Waals surface area contributed by atoms with Crippen LogP contribution in [0.1, 0.15) is 37.6 Å². The number of benzene rings is 1. The van der Waals surface area contributed by atoms with Crippen molar-refractivity contribution in [2.45, 2.75) is 31.9 Å². The molecular formula is C16H18FN5O. The molecule has 23 heavy (non-hydrogen) atoms. The predicted octanol–water partition coefficient (Wildman–Crippen LogP) is 1.97. The average molecular weight is 315 g/mol. The summed E-state index contributed by atoms with van der Waals surface area (Å²) in [6, 6.07) is 6.43. The molecule has 3 rings (SSSR count). The van der Waals surface area contributed by atoms with E-state index in [4.69, 9.17) is 5.26 Å². The molecule has 1 aliphatic heterocycles. The second kappa shape index (κ2) is 5.63. The van der Waals surface area contributed by atoms with Crippen molar-refractivity contribution < 1.29 is 9.50 Å². The third kappa shape index (κ3) is 2.78. The molecule has 120 valence electrons. The minimum Gasteiger partial charge on any atom is -0.381 e. The zero-order valence-electron chi connectivity index (χ0n) is 13.1. The molecule has 0 saturated carbocycles. The van der Waals surface area contributed by atoms with Crippen molar-refractivity contribution in [1.29, 1.82) is 5.26 Å². The van der Waals surface area contributed by atoms with E-state index >= 15 is 0 Å². The molecule has 7 heteroatoms. The second-order valence-electron chi connectivity index (χ2n) is 6.16. The third-order valence-corrected chi connectivity index (χ3v) is 4.18. The Kier molecular flexibility index (Phi) is 3.78. The van der Waals surface area contributed by atoms with E-state index in [0.29, 0.717) is 24.3 Å². The van der Waals surface area contributed by atoms with Gasteiger partial charge in [0.1, 0.15) is 17.1 Å². The minimum absolute atomic E-state index is 0.160. The molecular weight excluding hydrogens is 297 g/mol. The Balaban J connectivity index is 1.83. The van der Waals surface area contributed by atoms with Crippen LogP contribution in [0.5, 0.6) is 0 Å². The molecule has 0 radical (unpaired) electrons. The van der Waals surface area contributed by atoms with Crippen LogP contribution in [-0.4, -0.2) is 33.2 Å². The van der Waals surface area contributed by atoms with Gasteiger partial charge >= 0.3 is 0 Å². The van der Waals surface area contributed by atoms with Crippen LogP contribution in [0.15, 0.2) is 24.4 Å². The SMILES string of the molecule is CC(C)n1cc(C2(O)CCN(c3ccc(C#N)cc3F)C2)nn1. The van der Waals surface area contributed by atoms with Gasteiger partial charge in [-0.05, 0) is 32.0 Å². The number of nitriles is 1. The van der Waals surface area contributed by atoms with E-state index in [0.717, 1.165) is 0 Å². The zero-order valence-corrected chi connectivity index (χ0v) is 13.1. The Morgan fingerprint density at radius 3 is 2.83 bits per heavy atom. The lowest BCUT2D eigenvalue weighted by Crippen LogP contribution is -2.31. The van der Waals surface area contributed by atoms with Gasteiger partial charge in [0.2, 0.25) is 0 Å². The highest BCUT2D eigenvalue weighted by Crippen LogP contribution is 2.34. The van der Waals surface area contributed by atoms with Crippen molar-refractivity contribution in [3.8, 4) is 6.07 Å². The number of nitrogens with zero attached hydrogens (tertiary/aromatic N) is 5. The van der Waals surface area contributed by atoms with E-state index < -0.39 is 11.4 Å². The lowest BCUT2D eigenvalue weighted by Gasteiger charge is -2.23. The van der Waals surface area contributed by atoms with Gasteiger partial charge in [0.25, 0.3) is 0 Å². The predicted molar refractivity (Wildman–Crippen MR) is 82.2 cm³/mol. The van der Waals surface area contributed by atoms with Crippen LogP contribution in [0.2, 0.25) is 0 Å². The molecule has 1 aromatic heterocycles. The lowest BCUT2D eigenvalue weighted by molar-refractivity contribution is 0.0559. The van der Waals surface area contributed by atoms with Crippen LogP contribution in [0, 0.1) is 17.1 Å². The molecule has 0 spiro atoms. The molecule has 1 unspecified atom stereocenters. The molecule has 0 bridgehead atoms. The van der Waals surface area contributed by atoms with Gasteiger partial charge in [0.05, 0.1) is 30.1 Å². The number of anilines is 1. The fourth-order valence-electron chi connectivity index (χ4n) is 2.78. The van der Waals surface area contributed by atoms with Gasteiger partial charge in [0, 0.05) is 19.0 Å². The molecule has 1 aliphatic rings. The van der Waals surface area contributed by atoms with Crippen LogP contribution >= 0.6 is 0 Å². The van der Waals surface area contributed by atoms with Gasteiger partial charge in [-0.2, -0.15) is 5.26 Å². The van der Waals surface area contributed by atoms with Crippen LogP contribution in [0.3, 0.4) is 0 Å². The van der Waals surface area contributed by atoms with Crippen molar-refractivity contribution >= 4 is 5.69 Å². The van der Waals surface area contributed by atoms with Crippen LogP contribution in [0.25, 0.3) is 0 Å². The normalized spacial score (nSPS) is 21.0. The monoisotopic (exact) mass is 315 g/mol. The van der Waals surface area contributed by atoms with Gasteiger partial charge in [-0.3, -0.25) is 0 Å². The maximum atomic E-state index is 14.1. The first kappa shape index (κ1) is 15.4. The molecule has 1 fully saturated rings. The molecule has 6 nitrogen and oxygen atoms in total. The molecule has 1 atom stereocenters. The number of aliphatic hydroxyl groups is 1. The molecule has 0 aliphatic carbocycles. The highest BCUT2D eigenvalue weighted by atomic mass is 19.1. The summed E-state index contributed by atoms with van der Waals surface area (Å²) in [5, 5.41) is 27.7. The number of hydrogen-bond acceptors (Lipinski definition) is 5. The van der Waals surface area contributed by atoms with E-state index in [9.17, 15) is 9.50 Å². The summed E-state index contributed by atoms with van der Waals surface area (Å²) in [4.78, 5) is 1.77. The molecule has 1 saturated heterocycles. The fraction of sp³-hybridized carbons (Fsp3) is 0.438. The zero-order chi connectivity index (χ0) is 16.6. The Morgan fingerprint density at radius 1 is 1.43 bits per heavy atom. The maximum Gasteiger partial charge on any atom is 0.147 e. The van der Waals surface area contributed by atoms with Crippen molar-refractivity contribution in [2.75, 3.05) is 18.0 Å². The summed E-state index contributed by atoms with van der Waals surface area (Å²) >= 11 is 0. The average Bonchev–Trinajstić information content (AvgIpc) is 3.15. The van der Waals surface area contributed by atoms with Crippen LogP contribution in [-0.2, 0) is 5.60 Å². The molecule has 0 amide bonds. The summed E-state index contributed by atoms with van der Waals surface area (Å²) < 4.78 is 15.8. The summed E-state index contributed by atoms with van der Waals surface area (Å²) in [7, 11) is 0. The van der Waals surface area contributed by atoms with E-state index in [1.165, 1.54) is 6.07 Å². The summed E-state index contributed by atoms with van der Waals surface area (Å²) in [5.41, 5.74) is 0.0209. The Labute approximate surface area is 133 Å². The van der Waals surface area contributed by atoms with Crippen molar-refractivity contribution in [3.05, 3.63) is 41.5 Å². The van der Waals surface area contributed by atoms with E-state index in [1.807, 2.05) is 19.9 Å². The number of hydrogen-bond donors (Lipinski definition) is 1. The Morgan fingerprint density at radius 2 is 2.22 bits per heavy atom. The first-order valence-electron chi connectivity index (χ1n) is 7.52. The number of aromatic nitrogens is 3. The largest absolute Gasteiger partial charge is 0.381 e. The summed E-state index contributed by atoms with van der Waals surface area (Å²) in [6.45, 7) is 4.71. The van der Waals surface area contributed by atoms with Gasteiger partial charge in [-0.1, -0.05) is 5.21 Å². The van der Waals surface area contributed by atoms with Gasteiger partial charge in [-0.25, -0.2) is 9.07 Å². The van der Waals surface area contributed by atoms with E-state index in [2.05, 4.69) is 10.3 Å². The molecule has 1 N–H and O–H groups in total. The summed E-state index contributed by atoms with van der Waals surface area (Å²) in [5.74, 6) is -0.459. The smallest absolute Gasteiger partial charge is 0.147 e. The second-order valence-corrected chi connectivity index (χ2v) is 6.16. The Hall–Kier alpha value is -2.46. The van der Waals surface area contributed by atoms with Crippen molar-refractivity contribution in [3.63, 3.8) is 0 Å². The third-order valence-electron chi connectivity index (χ3n) is 4.18. The highest BCUT2D eigenvalue weighted by Gasteiger charge is 2.41. The lowest BCUT2D eigenvalue weighted by atomic mass is 10.00. The van der Waals surface area contributed by atoms with E-state index in [-0.39, 0.29) is 18.2 Å². The standard InChI is InChI=1S/C16H18FN5O/c1-11(2)22-9-15(19-20-22)16(23)5-6-21(10-16)14-4-3-12(8-18)7-13(14)17/h3-4,7,9,11,23H,5-6,10H2,1-2H3.